The molecule has 5 nitrogen and oxygen atoms in total. The Hall–Kier alpha value is -1.86. The van der Waals surface area contributed by atoms with Crippen LogP contribution in [0.2, 0.25) is 0 Å². The Balaban J connectivity index is 2.61. The number of nitrogens with zero attached hydrogens (tertiary/aromatic N) is 2. The summed E-state index contributed by atoms with van der Waals surface area (Å²) in [5.41, 5.74) is 4.70. The van der Waals surface area contributed by atoms with Gasteiger partial charge in [-0.1, -0.05) is 0 Å². The van der Waals surface area contributed by atoms with Crippen molar-refractivity contribution in [3.8, 4) is 5.88 Å². The molecule has 0 radical (unpaired) electrons. The summed E-state index contributed by atoms with van der Waals surface area (Å²) in [6.07, 6.45) is -2.61. The highest BCUT2D eigenvalue weighted by Gasteiger charge is 2.28. The third kappa shape index (κ3) is 3.79. The van der Waals surface area contributed by atoms with Gasteiger partial charge in [-0.3, -0.25) is 4.79 Å². The zero-order valence-corrected chi connectivity index (χ0v) is 7.28. The van der Waals surface area contributed by atoms with Crippen LogP contribution in [0.1, 0.15) is 10.5 Å². The molecular weight excluding hydrogens is 215 g/mol. The second-order valence-corrected chi connectivity index (χ2v) is 2.51. The highest BCUT2D eigenvalue weighted by atomic mass is 19.4. The maximum atomic E-state index is 11.7. The minimum atomic E-state index is -4.44. The van der Waals surface area contributed by atoms with Crippen LogP contribution in [-0.2, 0) is 0 Å². The molecule has 1 aromatic rings. The fourth-order valence-corrected chi connectivity index (χ4v) is 0.674. The lowest BCUT2D eigenvalue weighted by atomic mass is 10.4. The number of rotatable bonds is 3. The molecule has 15 heavy (non-hydrogen) atoms. The number of carbonyl (C=O) groups is 1. The van der Waals surface area contributed by atoms with E-state index in [0.717, 1.165) is 12.4 Å². The lowest BCUT2D eigenvalue weighted by Crippen LogP contribution is -2.20. The average molecular weight is 221 g/mol. The molecule has 0 unspecified atom stereocenters. The van der Waals surface area contributed by atoms with Crippen LogP contribution < -0.4 is 10.5 Å². The van der Waals surface area contributed by atoms with Crippen LogP contribution >= 0.6 is 0 Å². The van der Waals surface area contributed by atoms with E-state index in [-0.39, 0.29) is 11.6 Å². The van der Waals surface area contributed by atoms with Crippen molar-refractivity contribution in [3.05, 3.63) is 18.1 Å². The first-order chi connectivity index (χ1) is 6.88. The van der Waals surface area contributed by atoms with Crippen molar-refractivity contribution in [2.24, 2.45) is 5.73 Å². The summed E-state index contributed by atoms with van der Waals surface area (Å²) in [4.78, 5) is 17.4. The largest absolute Gasteiger partial charge is 0.467 e. The van der Waals surface area contributed by atoms with Gasteiger partial charge in [-0.15, -0.1) is 0 Å². The van der Waals surface area contributed by atoms with Crippen LogP contribution in [-0.4, -0.2) is 28.7 Å². The molecule has 1 rings (SSSR count). The molecule has 1 aromatic heterocycles. The van der Waals surface area contributed by atoms with E-state index in [2.05, 4.69) is 14.7 Å². The molecule has 0 saturated heterocycles. The molecule has 0 aliphatic heterocycles. The molecule has 1 heterocycles. The second kappa shape index (κ2) is 4.11. The van der Waals surface area contributed by atoms with Gasteiger partial charge in [0.2, 0.25) is 5.88 Å². The molecule has 0 spiro atoms. The number of ether oxygens (including phenoxy) is 1. The normalized spacial score (nSPS) is 11.1. The third-order valence-electron chi connectivity index (χ3n) is 1.26. The Kier molecular flexibility index (Phi) is 3.08. The van der Waals surface area contributed by atoms with Crippen LogP contribution in [0.15, 0.2) is 12.4 Å². The summed E-state index contributed by atoms with van der Waals surface area (Å²) in [7, 11) is 0. The minimum Gasteiger partial charge on any atom is -0.467 e. The number of carbonyl (C=O) groups excluding carboxylic acids is 1. The second-order valence-electron chi connectivity index (χ2n) is 2.51. The monoisotopic (exact) mass is 221 g/mol. The van der Waals surface area contributed by atoms with E-state index in [1.54, 1.807) is 0 Å². The number of hydrogen-bond donors (Lipinski definition) is 1. The van der Waals surface area contributed by atoms with Crippen LogP contribution in [0.3, 0.4) is 0 Å². The minimum absolute atomic E-state index is 0.144. The molecule has 1 amide bonds. The van der Waals surface area contributed by atoms with E-state index < -0.39 is 18.7 Å². The summed E-state index contributed by atoms with van der Waals surface area (Å²) in [6, 6.07) is 0. The van der Waals surface area contributed by atoms with E-state index in [0.29, 0.717) is 0 Å². The number of hydrogen-bond acceptors (Lipinski definition) is 4. The fourth-order valence-electron chi connectivity index (χ4n) is 0.674. The molecule has 0 aliphatic rings. The van der Waals surface area contributed by atoms with E-state index in [4.69, 9.17) is 5.73 Å². The van der Waals surface area contributed by atoms with Crippen LogP contribution in [0, 0.1) is 0 Å². The van der Waals surface area contributed by atoms with Gasteiger partial charge in [0.05, 0.1) is 12.4 Å². The molecule has 8 heteroatoms. The summed E-state index contributed by atoms with van der Waals surface area (Å²) >= 11 is 0. The predicted octanol–water partition coefficient (Wildman–Crippen LogP) is 0.517. The lowest BCUT2D eigenvalue weighted by molar-refractivity contribution is -0.154. The molecule has 0 fully saturated rings. The average Bonchev–Trinajstić information content (AvgIpc) is 2.14. The summed E-state index contributed by atoms with van der Waals surface area (Å²) in [5, 5.41) is 0. The molecule has 0 saturated carbocycles. The van der Waals surface area contributed by atoms with E-state index in [1.807, 2.05) is 0 Å². The first-order valence-electron chi connectivity index (χ1n) is 3.70. The predicted molar refractivity (Wildman–Crippen MR) is 42.1 cm³/mol. The summed E-state index contributed by atoms with van der Waals surface area (Å²) < 4.78 is 39.4. The van der Waals surface area contributed by atoms with Crippen molar-refractivity contribution in [2.75, 3.05) is 6.61 Å². The third-order valence-corrected chi connectivity index (χ3v) is 1.26. The maximum absolute atomic E-state index is 11.7. The van der Waals surface area contributed by atoms with Crippen molar-refractivity contribution in [3.63, 3.8) is 0 Å². The van der Waals surface area contributed by atoms with E-state index >= 15 is 0 Å². The number of amides is 1. The summed E-state index contributed by atoms with van der Waals surface area (Å²) in [6.45, 7) is -1.46. The molecule has 0 aromatic carbocycles. The first-order valence-corrected chi connectivity index (χ1v) is 3.70. The van der Waals surface area contributed by atoms with Gasteiger partial charge in [0.15, 0.2) is 6.61 Å². The van der Waals surface area contributed by atoms with E-state index in [9.17, 15) is 18.0 Å². The number of primary amides is 1. The fraction of sp³-hybridized carbons (Fsp3) is 0.286. The zero-order valence-electron chi connectivity index (χ0n) is 7.28. The summed E-state index contributed by atoms with van der Waals surface area (Å²) in [5.74, 6) is -1.14. The molecule has 0 atom stereocenters. The van der Waals surface area contributed by atoms with Crippen molar-refractivity contribution >= 4 is 5.91 Å². The van der Waals surface area contributed by atoms with Gasteiger partial charge in [0, 0.05) is 0 Å². The maximum Gasteiger partial charge on any atom is 0.422 e. The van der Waals surface area contributed by atoms with Crippen molar-refractivity contribution in [2.45, 2.75) is 6.18 Å². The number of halogens is 3. The topological polar surface area (TPSA) is 78.1 Å². The van der Waals surface area contributed by atoms with Crippen molar-refractivity contribution in [1.29, 1.82) is 0 Å². The van der Waals surface area contributed by atoms with Crippen LogP contribution in [0.4, 0.5) is 13.2 Å². The highest BCUT2D eigenvalue weighted by molar-refractivity contribution is 5.90. The number of alkyl halides is 3. The Morgan fingerprint density at radius 2 is 2.07 bits per heavy atom. The number of aromatic nitrogens is 2. The Labute approximate surface area is 82.1 Å². The van der Waals surface area contributed by atoms with Gasteiger partial charge >= 0.3 is 6.18 Å². The highest BCUT2D eigenvalue weighted by Crippen LogP contribution is 2.16. The SMILES string of the molecule is NC(=O)c1cnc(OCC(F)(F)F)cn1. The van der Waals surface area contributed by atoms with Crippen LogP contribution in [0.25, 0.3) is 0 Å². The Morgan fingerprint density at radius 1 is 1.40 bits per heavy atom. The zero-order chi connectivity index (χ0) is 11.5. The van der Waals surface area contributed by atoms with Gasteiger partial charge in [0.1, 0.15) is 5.69 Å². The van der Waals surface area contributed by atoms with Gasteiger partial charge in [0.25, 0.3) is 5.91 Å². The Morgan fingerprint density at radius 3 is 2.47 bits per heavy atom. The van der Waals surface area contributed by atoms with Crippen molar-refractivity contribution in [1.82, 2.24) is 9.97 Å². The van der Waals surface area contributed by atoms with Gasteiger partial charge in [-0.2, -0.15) is 13.2 Å². The first kappa shape index (κ1) is 11.2. The number of nitrogens with two attached hydrogens (primary N) is 1. The quantitative estimate of drug-likeness (QED) is 0.806. The standard InChI is InChI=1S/C7H6F3N3O2/c8-7(9,10)3-15-5-2-12-4(1-13-5)6(11)14/h1-2H,3H2,(H2,11,14). The lowest BCUT2D eigenvalue weighted by Gasteiger charge is -2.07. The van der Waals surface area contributed by atoms with Gasteiger partial charge in [-0.25, -0.2) is 9.97 Å². The molecule has 2 N–H and O–H groups in total. The smallest absolute Gasteiger partial charge is 0.422 e. The molecular formula is C7H6F3N3O2. The van der Waals surface area contributed by atoms with Gasteiger partial charge in [-0.05, 0) is 0 Å². The van der Waals surface area contributed by atoms with E-state index in [1.165, 1.54) is 0 Å². The van der Waals surface area contributed by atoms with Crippen molar-refractivity contribution < 1.29 is 22.7 Å². The van der Waals surface area contributed by atoms with Gasteiger partial charge < -0.3 is 10.5 Å². The molecule has 0 aliphatic carbocycles. The Bertz CT molecular complexity index is 349. The van der Waals surface area contributed by atoms with Crippen LogP contribution in [0.5, 0.6) is 5.88 Å². The molecule has 0 bridgehead atoms. The molecule has 82 valence electrons.